The van der Waals surface area contributed by atoms with Crippen molar-refractivity contribution in [2.24, 2.45) is 5.18 Å². The van der Waals surface area contributed by atoms with E-state index in [-0.39, 0.29) is 0 Å². The fourth-order valence-electron chi connectivity index (χ4n) is 1.38. The average Bonchev–Trinajstić information content (AvgIpc) is 2.40. The van der Waals surface area contributed by atoms with Gasteiger partial charge in [-0.2, -0.15) is 0 Å². The van der Waals surface area contributed by atoms with Crippen molar-refractivity contribution in [3.63, 3.8) is 0 Å². The van der Waals surface area contributed by atoms with Crippen LogP contribution in [0.2, 0.25) is 0 Å². The Morgan fingerprint density at radius 2 is 2.08 bits per heavy atom. The summed E-state index contributed by atoms with van der Waals surface area (Å²) in [6.45, 7) is 1.84. The monoisotopic (exact) mass is 160 g/mol. The van der Waals surface area contributed by atoms with E-state index in [1.807, 2.05) is 31.2 Å². The van der Waals surface area contributed by atoms with Crippen molar-refractivity contribution in [3.05, 3.63) is 34.9 Å². The topological polar surface area (TPSA) is 45.2 Å². The fraction of sp³-hybridized carbons (Fsp3) is 0.111. The van der Waals surface area contributed by atoms with Gasteiger partial charge in [-0.25, -0.2) is 0 Å². The Balaban J connectivity index is 2.90. The second-order valence-corrected chi connectivity index (χ2v) is 2.74. The summed E-state index contributed by atoms with van der Waals surface area (Å²) in [4.78, 5) is 13.5. The maximum absolute atomic E-state index is 10.4. The third-order valence-electron chi connectivity index (χ3n) is 1.95. The van der Waals surface area contributed by atoms with Crippen molar-refractivity contribution in [1.29, 1.82) is 0 Å². The molecule has 2 rings (SSSR count). The van der Waals surface area contributed by atoms with Gasteiger partial charge in [-0.1, -0.05) is 18.2 Å². The normalized spacial score (nSPS) is 10.4. The smallest absolute Gasteiger partial charge is 0.136 e. The molecule has 1 aromatic heterocycles. The van der Waals surface area contributed by atoms with E-state index >= 15 is 0 Å². The van der Waals surface area contributed by atoms with Crippen LogP contribution in [0.25, 0.3) is 10.9 Å². The van der Waals surface area contributed by atoms with E-state index in [0.29, 0.717) is 5.69 Å². The first-order valence-electron chi connectivity index (χ1n) is 3.73. The first-order valence-corrected chi connectivity index (χ1v) is 3.73. The zero-order chi connectivity index (χ0) is 8.55. The molecule has 3 heteroatoms. The molecular formula is C9H8N2O. The number of aromatic amines is 1. The first-order chi connectivity index (χ1) is 5.83. The van der Waals surface area contributed by atoms with Crippen molar-refractivity contribution >= 4 is 16.6 Å². The molecule has 0 aliphatic heterocycles. The molecule has 0 saturated carbocycles. The highest BCUT2D eigenvalue weighted by atomic mass is 16.3. The van der Waals surface area contributed by atoms with Crippen LogP contribution in [0.5, 0.6) is 0 Å². The standard InChI is InChI=1S/C9H8N2O/c1-6-9(11-12)7-4-2-3-5-8(7)10-6/h2-5,10H,1H3. The van der Waals surface area contributed by atoms with Crippen molar-refractivity contribution in [2.45, 2.75) is 6.92 Å². The number of para-hydroxylation sites is 1. The summed E-state index contributed by atoms with van der Waals surface area (Å²) in [6.07, 6.45) is 0. The number of rotatable bonds is 1. The molecule has 0 fully saturated rings. The van der Waals surface area contributed by atoms with Crippen molar-refractivity contribution in [2.75, 3.05) is 0 Å². The van der Waals surface area contributed by atoms with Crippen molar-refractivity contribution in [3.8, 4) is 0 Å². The second-order valence-electron chi connectivity index (χ2n) is 2.74. The predicted molar refractivity (Wildman–Crippen MR) is 48.5 cm³/mol. The maximum Gasteiger partial charge on any atom is 0.136 e. The first kappa shape index (κ1) is 7.03. The number of benzene rings is 1. The minimum Gasteiger partial charge on any atom is -0.357 e. The molecule has 0 aliphatic carbocycles. The molecular weight excluding hydrogens is 152 g/mol. The van der Waals surface area contributed by atoms with Crippen molar-refractivity contribution in [1.82, 2.24) is 4.98 Å². The number of H-pyrrole nitrogens is 1. The van der Waals surface area contributed by atoms with Crippen LogP contribution < -0.4 is 0 Å². The number of fused-ring (bicyclic) bond motifs is 1. The zero-order valence-corrected chi connectivity index (χ0v) is 6.66. The fourth-order valence-corrected chi connectivity index (χ4v) is 1.38. The zero-order valence-electron chi connectivity index (χ0n) is 6.66. The van der Waals surface area contributed by atoms with Crippen LogP contribution in [0.1, 0.15) is 5.69 Å². The van der Waals surface area contributed by atoms with E-state index in [1.54, 1.807) is 0 Å². The van der Waals surface area contributed by atoms with Gasteiger partial charge in [0.1, 0.15) is 5.69 Å². The van der Waals surface area contributed by atoms with E-state index in [4.69, 9.17) is 0 Å². The highest BCUT2D eigenvalue weighted by Gasteiger charge is 2.06. The number of nitroso groups, excluding NO2 is 1. The van der Waals surface area contributed by atoms with Crippen LogP contribution in [-0.4, -0.2) is 4.98 Å². The summed E-state index contributed by atoms with van der Waals surface area (Å²) in [5, 5.41) is 3.87. The van der Waals surface area contributed by atoms with Gasteiger partial charge >= 0.3 is 0 Å². The van der Waals surface area contributed by atoms with Gasteiger partial charge in [0.25, 0.3) is 0 Å². The Labute approximate surface area is 69.4 Å². The van der Waals surface area contributed by atoms with Gasteiger partial charge in [0.2, 0.25) is 0 Å². The van der Waals surface area contributed by atoms with Crippen LogP contribution >= 0.6 is 0 Å². The highest BCUT2D eigenvalue weighted by molar-refractivity contribution is 5.92. The number of aryl methyl sites for hydroxylation is 1. The molecule has 1 aromatic carbocycles. The summed E-state index contributed by atoms with van der Waals surface area (Å²) in [5.74, 6) is 0. The Morgan fingerprint density at radius 3 is 2.83 bits per heavy atom. The van der Waals surface area contributed by atoms with E-state index in [9.17, 15) is 4.91 Å². The predicted octanol–water partition coefficient (Wildman–Crippen LogP) is 2.87. The minimum absolute atomic E-state index is 0.519. The second kappa shape index (κ2) is 2.44. The van der Waals surface area contributed by atoms with Gasteiger partial charge in [0, 0.05) is 16.6 Å². The molecule has 0 spiro atoms. The van der Waals surface area contributed by atoms with E-state index in [1.165, 1.54) is 0 Å². The molecule has 2 aromatic rings. The molecule has 12 heavy (non-hydrogen) atoms. The maximum atomic E-state index is 10.4. The lowest BCUT2D eigenvalue weighted by Gasteiger charge is -1.85. The van der Waals surface area contributed by atoms with Crippen LogP contribution in [0.15, 0.2) is 29.4 Å². The van der Waals surface area contributed by atoms with E-state index in [0.717, 1.165) is 16.6 Å². The molecule has 3 nitrogen and oxygen atoms in total. The number of nitrogens with one attached hydrogen (secondary N) is 1. The number of hydrogen-bond acceptors (Lipinski definition) is 2. The van der Waals surface area contributed by atoms with Crippen LogP contribution in [0.3, 0.4) is 0 Å². The molecule has 0 amide bonds. The highest BCUT2D eigenvalue weighted by Crippen LogP contribution is 2.28. The molecule has 0 bridgehead atoms. The third kappa shape index (κ3) is 0.830. The largest absolute Gasteiger partial charge is 0.357 e. The van der Waals surface area contributed by atoms with Crippen LogP contribution in [0, 0.1) is 11.8 Å². The lowest BCUT2D eigenvalue weighted by Crippen LogP contribution is -1.66. The summed E-state index contributed by atoms with van der Waals surface area (Å²) >= 11 is 0. The summed E-state index contributed by atoms with van der Waals surface area (Å²) in [6, 6.07) is 7.63. The number of nitrogens with zero attached hydrogens (tertiary/aromatic N) is 1. The average molecular weight is 160 g/mol. The third-order valence-corrected chi connectivity index (χ3v) is 1.95. The molecule has 0 atom stereocenters. The Kier molecular flexibility index (Phi) is 1.43. The molecule has 0 radical (unpaired) electrons. The molecule has 1 heterocycles. The van der Waals surface area contributed by atoms with Crippen LogP contribution in [0.4, 0.5) is 5.69 Å². The SMILES string of the molecule is Cc1[nH]c2ccccc2c1N=O. The molecule has 0 unspecified atom stereocenters. The molecule has 0 saturated heterocycles. The lowest BCUT2D eigenvalue weighted by molar-refractivity contribution is 1.28. The van der Waals surface area contributed by atoms with Crippen LogP contribution in [-0.2, 0) is 0 Å². The van der Waals surface area contributed by atoms with Gasteiger partial charge in [-0.3, -0.25) is 0 Å². The van der Waals surface area contributed by atoms with Crippen molar-refractivity contribution < 1.29 is 0 Å². The molecule has 1 N–H and O–H groups in total. The number of hydrogen-bond donors (Lipinski definition) is 1. The van der Waals surface area contributed by atoms with Gasteiger partial charge < -0.3 is 4.98 Å². The van der Waals surface area contributed by atoms with Gasteiger partial charge in [-0.05, 0) is 18.2 Å². The summed E-state index contributed by atoms with van der Waals surface area (Å²) in [7, 11) is 0. The lowest BCUT2D eigenvalue weighted by atomic mass is 10.2. The Bertz CT molecular complexity index is 431. The Morgan fingerprint density at radius 1 is 1.33 bits per heavy atom. The van der Waals surface area contributed by atoms with E-state index < -0.39 is 0 Å². The number of aromatic nitrogens is 1. The van der Waals surface area contributed by atoms with Gasteiger partial charge in [0.05, 0.1) is 0 Å². The molecule has 60 valence electrons. The van der Waals surface area contributed by atoms with E-state index in [2.05, 4.69) is 10.2 Å². The Hall–Kier alpha value is -1.64. The van der Waals surface area contributed by atoms with Gasteiger partial charge in [0.15, 0.2) is 0 Å². The summed E-state index contributed by atoms with van der Waals surface area (Å²) in [5.41, 5.74) is 2.31. The summed E-state index contributed by atoms with van der Waals surface area (Å²) < 4.78 is 0. The van der Waals surface area contributed by atoms with Gasteiger partial charge in [-0.15, -0.1) is 4.91 Å². The minimum atomic E-state index is 0.519. The quantitative estimate of drug-likeness (QED) is 0.640. The molecule has 0 aliphatic rings.